The van der Waals surface area contributed by atoms with Crippen LogP contribution in [0.3, 0.4) is 0 Å². The van der Waals surface area contributed by atoms with Gasteiger partial charge in [0, 0.05) is 17.3 Å². The summed E-state index contributed by atoms with van der Waals surface area (Å²) in [6.07, 6.45) is 0. The smallest absolute Gasteiger partial charge is 0.288 e. The molecular formula is C15H9ClN4O3S. The number of nitro benzene ring substituents is 1. The summed E-state index contributed by atoms with van der Waals surface area (Å²) < 4.78 is 0. The first-order chi connectivity index (χ1) is 11.4. The van der Waals surface area contributed by atoms with Crippen molar-refractivity contribution >= 4 is 46.2 Å². The van der Waals surface area contributed by atoms with Crippen LogP contribution in [-0.2, 0) is 0 Å². The third-order valence-corrected chi connectivity index (χ3v) is 3.41. The molecule has 0 aromatic heterocycles. The zero-order valence-corrected chi connectivity index (χ0v) is 13.5. The molecular weight excluding hydrogens is 352 g/mol. The fourth-order valence-corrected chi connectivity index (χ4v) is 2.20. The highest BCUT2D eigenvalue weighted by Crippen LogP contribution is 2.25. The van der Waals surface area contributed by atoms with Crippen molar-refractivity contribution in [3.63, 3.8) is 0 Å². The molecule has 0 saturated carbocycles. The number of halogens is 1. The van der Waals surface area contributed by atoms with Gasteiger partial charge in [-0.15, -0.1) is 0 Å². The van der Waals surface area contributed by atoms with E-state index in [2.05, 4.69) is 10.6 Å². The molecule has 24 heavy (non-hydrogen) atoms. The van der Waals surface area contributed by atoms with Crippen LogP contribution < -0.4 is 10.6 Å². The number of carbonyl (C=O) groups excluding carboxylic acids is 1. The van der Waals surface area contributed by atoms with Gasteiger partial charge in [-0.3, -0.25) is 20.2 Å². The number of rotatable bonds is 3. The Morgan fingerprint density at radius 3 is 2.71 bits per heavy atom. The molecule has 0 unspecified atom stereocenters. The van der Waals surface area contributed by atoms with Crippen molar-refractivity contribution in [3.8, 4) is 6.07 Å². The van der Waals surface area contributed by atoms with Crippen LogP contribution in [0.2, 0.25) is 5.02 Å². The summed E-state index contributed by atoms with van der Waals surface area (Å²) in [5.41, 5.74) is 0.634. The van der Waals surface area contributed by atoms with Crippen LogP contribution in [0.1, 0.15) is 15.9 Å². The molecule has 0 bridgehead atoms. The van der Waals surface area contributed by atoms with Gasteiger partial charge in [0.25, 0.3) is 11.6 Å². The first-order valence-electron chi connectivity index (χ1n) is 6.47. The SMILES string of the molecule is N#Cc1cccc(NC(=S)NC(=O)c2ccc(Cl)c([N+](=O)[O-])c2)c1. The molecule has 1 amide bonds. The number of anilines is 1. The minimum atomic E-state index is -0.678. The van der Waals surface area contributed by atoms with Crippen molar-refractivity contribution in [3.05, 3.63) is 68.7 Å². The molecule has 0 aliphatic rings. The fourth-order valence-electron chi connectivity index (χ4n) is 1.80. The van der Waals surface area contributed by atoms with Crippen LogP contribution >= 0.6 is 23.8 Å². The van der Waals surface area contributed by atoms with E-state index in [4.69, 9.17) is 29.1 Å². The molecule has 120 valence electrons. The number of amides is 1. The van der Waals surface area contributed by atoms with Crippen LogP contribution in [0.25, 0.3) is 0 Å². The average molecular weight is 361 g/mol. The topological polar surface area (TPSA) is 108 Å². The third kappa shape index (κ3) is 4.25. The first-order valence-corrected chi connectivity index (χ1v) is 7.26. The van der Waals surface area contributed by atoms with Crippen molar-refractivity contribution in [2.75, 3.05) is 5.32 Å². The fraction of sp³-hybridized carbons (Fsp3) is 0. The molecule has 0 fully saturated rings. The van der Waals surface area contributed by atoms with Gasteiger partial charge in [0.05, 0.1) is 16.6 Å². The first kappa shape index (κ1) is 17.3. The Morgan fingerprint density at radius 2 is 2.04 bits per heavy atom. The van der Waals surface area contributed by atoms with Crippen LogP contribution in [0.4, 0.5) is 11.4 Å². The minimum Gasteiger partial charge on any atom is -0.332 e. The van der Waals surface area contributed by atoms with E-state index in [9.17, 15) is 14.9 Å². The number of nitriles is 1. The highest BCUT2D eigenvalue weighted by molar-refractivity contribution is 7.80. The van der Waals surface area contributed by atoms with Gasteiger partial charge in [-0.25, -0.2) is 0 Å². The van der Waals surface area contributed by atoms with E-state index in [0.29, 0.717) is 11.3 Å². The van der Waals surface area contributed by atoms with Crippen LogP contribution in [0.5, 0.6) is 0 Å². The Bertz CT molecular complexity index is 879. The maximum Gasteiger partial charge on any atom is 0.288 e. The van der Waals surface area contributed by atoms with E-state index in [-0.39, 0.29) is 21.4 Å². The lowest BCUT2D eigenvalue weighted by Crippen LogP contribution is -2.34. The summed E-state index contributed by atoms with van der Waals surface area (Å²) in [5, 5.41) is 24.8. The largest absolute Gasteiger partial charge is 0.332 e. The van der Waals surface area contributed by atoms with E-state index < -0.39 is 10.8 Å². The van der Waals surface area contributed by atoms with Crippen LogP contribution in [0.15, 0.2) is 42.5 Å². The summed E-state index contributed by atoms with van der Waals surface area (Å²) in [7, 11) is 0. The summed E-state index contributed by atoms with van der Waals surface area (Å²) in [6.45, 7) is 0. The zero-order chi connectivity index (χ0) is 17.7. The zero-order valence-electron chi connectivity index (χ0n) is 11.9. The Hall–Kier alpha value is -3.02. The molecule has 2 aromatic rings. The molecule has 9 heteroatoms. The van der Waals surface area contributed by atoms with Crippen LogP contribution in [0, 0.1) is 21.4 Å². The van der Waals surface area contributed by atoms with Crippen molar-refractivity contribution in [2.24, 2.45) is 0 Å². The molecule has 0 heterocycles. The second kappa shape index (κ2) is 7.50. The molecule has 2 rings (SSSR count). The Balaban J connectivity index is 2.09. The highest BCUT2D eigenvalue weighted by atomic mass is 35.5. The lowest BCUT2D eigenvalue weighted by Gasteiger charge is -2.10. The number of hydrogen-bond donors (Lipinski definition) is 2. The molecule has 0 aliphatic carbocycles. The van der Waals surface area contributed by atoms with E-state index in [1.165, 1.54) is 12.1 Å². The number of hydrogen-bond acceptors (Lipinski definition) is 5. The van der Waals surface area contributed by atoms with E-state index in [0.717, 1.165) is 6.07 Å². The van der Waals surface area contributed by atoms with E-state index in [1.54, 1.807) is 24.3 Å². The maximum atomic E-state index is 12.1. The van der Waals surface area contributed by atoms with Gasteiger partial charge in [-0.05, 0) is 42.5 Å². The van der Waals surface area contributed by atoms with Gasteiger partial charge in [-0.1, -0.05) is 17.7 Å². The lowest BCUT2D eigenvalue weighted by molar-refractivity contribution is -0.384. The summed E-state index contributed by atoms with van der Waals surface area (Å²) in [5.74, 6) is -0.622. The molecule has 0 saturated heterocycles. The number of benzene rings is 2. The van der Waals surface area contributed by atoms with Gasteiger partial charge in [-0.2, -0.15) is 5.26 Å². The molecule has 0 spiro atoms. The van der Waals surface area contributed by atoms with Gasteiger partial charge in [0.1, 0.15) is 5.02 Å². The van der Waals surface area contributed by atoms with Gasteiger partial charge in [0.15, 0.2) is 5.11 Å². The van der Waals surface area contributed by atoms with Gasteiger partial charge in [0.2, 0.25) is 0 Å². The monoisotopic (exact) mass is 360 g/mol. The average Bonchev–Trinajstić information content (AvgIpc) is 2.54. The molecule has 2 N–H and O–H groups in total. The molecule has 0 aliphatic heterocycles. The van der Waals surface area contributed by atoms with E-state index >= 15 is 0 Å². The summed E-state index contributed by atoms with van der Waals surface area (Å²) in [4.78, 5) is 22.3. The number of carbonyl (C=O) groups is 1. The van der Waals surface area contributed by atoms with Gasteiger partial charge >= 0.3 is 0 Å². The molecule has 0 radical (unpaired) electrons. The molecule has 0 atom stereocenters. The Kier molecular flexibility index (Phi) is 5.42. The number of nitro groups is 1. The minimum absolute atomic E-state index is 0.00677. The standard InChI is InChI=1S/C15H9ClN4O3S/c16-12-5-4-10(7-13(12)20(22)23)14(21)19-15(24)18-11-3-1-2-9(6-11)8-17/h1-7H,(H2,18,19,21,24). The predicted octanol–water partition coefficient (Wildman–Crippen LogP) is 3.25. The number of thiocarbonyl (C=S) groups is 1. The molecule has 7 nitrogen and oxygen atoms in total. The third-order valence-electron chi connectivity index (χ3n) is 2.88. The second-order valence-electron chi connectivity index (χ2n) is 4.52. The van der Waals surface area contributed by atoms with Crippen molar-refractivity contribution in [1.82, 2.24) is 5.32 Å². The predicted molar refractivity (Wildman–Crippen MR) is 93.0 cm³/mol. The summed E-state index contributed by atoms with van der Waals surface area (Å²) in [6, 6.07) is 12.2. The second-order valence-corrected chi connectivity index (χ2v) is 5.34. The van der Waals surface area contributed by atoms with Crippen molar-refractivity contribution in [1.29, 1.82) is 5.26 Å². The van der Waals surface area contributed by atoms with E-state index in [1.807, 2.05) is 6.07 Å². The maximum absolute atomic E-state index is 12.1. The Labute approximate surface area is 147 Å². The van der Waals surface area contributed by atoms with Crippen LogP contribution in [-0.4, -0.2) is 15.9 Å². The summed E-state index contributed by atoms with van der Waals surface area (Å²) >= 11 is 10.7. The quantitative estimate of drug-likeness (QED) is 0.494. The van der Waals surface area contributed by atoms with Crippen molar-refractivity contribution in [2.45, 2.75) is 0 Å². The number of nitrogens with one attached hydrogen (secondary N) is 2. The molecule has 2 aromatic carbocycles. The lowest BCUT2D eigenvalue weighted by atomic mass is 10.2. The normalized spacial score (nSPS) is 9.67. The number of nitrogens with zero attached hydrogens (tertiary/aromatic N) is 2. The van der Waals surface area contributed by atoms with Gasteiger partial charge < -0.3 is 5.32 Å². The Morgan fingerprint density at radius 1 is 1.29 bits per heavy atom. The highest BCUT2D eigenvalue weighted by Gasteiger charge is 2.17. The van der Waals surface area contributed by atoms with Crippen molar-refractivity contribution < 1.29 is 9.72 Å².